The van der Waals surface area contributed by atoms with E-state index in [1.165, 1.54) is 13.0 Å². The summed E-state index contributed by atoms with van der Waals surface area (Å²) in [6.07, 6.45) is 0. The quantitative estimate of drug-likeness (QED) is 0.876. The normalized spacial score (nSPS) is 14.5. The Hall–Kier alpha value is -2.66. The smallest absolute Gasteiger partial charge is 0.196 e. The van der Waals surface area contributed by atoms with E-state index in [9.17, 15) is 14.7 Å². The molecule has 1 aliphatic heterocycles. The van der Waals surface area contributed by atoms with Crippen molar-refractivity contribution < 1.29 is 19.4 Å². The highest BCUT2D eigenvalue weighted by molar-refractivity contribution is 6.12. The second-order valence-electron chi connectivity index (χ2n) is 5.73. The number of carbonyl (C=O) groups is 2. The zero-order chi connectivity index (χ0) is 17.1. The van der Waals surface area contributed by atoms with Gasteiger partial charge in [-0.3, -0.25) is 9.59 Å². The second kappa shape index (κ2) is 6.84. The van der Waals surface area contributed by atoms with Crippen LogP contribution in [-0.4, -0.2) is 43.0 Å². The predicted octanol–water partition coefficient (Wildman–Crippen LogP) is 2.66. The van der Waals surface area contributed by atoms with Crippen LogP contribution in [0.2, 0.25) is 0 Å². The van der Waals surface area contributed by atoms with E-state index in [0.29, 0.717) is 37.4 Å². The Bertz CT molecular complexity index is 779. The van der Waals surface area contributed by atoms with E-state index in [-0.39, 0.29) is 22.9 Å². The number of hydrogen-bond donors (Lipinski definition) is 1. The van der Waals surface area contributed by atoms with Gasteiger partial charge in [0.1, 0.15) is 5.75 Å². The molecule has 2 aromatic rings. The Labute approximate surface area is 140 Å². The van der Waals surface area contributed by atoms with E-state index in [4.69, 9.17) is 4.74 Å². The maximum Gasteiger partial charge on any atom is 0.196 e. The fourth-order valence-electron chi connectivity index (χ4n) is 2.86. The average Bonchev–Trinajstić information content (AvgIpc) is 2.62. The number of para-hydroxylation sites is 1. The second-order valence-corrected chi connectivity index (χ2v) is 5.73. The Morgan fingerprint density at radius 3 is 2.42 bits per heavy atom. The number of carbonyl (C=O) groups excluding carboxylic acids is 2. The number of ketones is 2. The van der Waals surface area contributed by atoms with Crippen molar-refractivity contribution in [3.8, 4) is 5.75 Å². The van der Waals surface area contributed by atoms with E-state index in [0.717, 1.165) is 5.69 Å². The summed E-state index contributed by atoms with van der Waals surface area (Å²) >= 11 is 0. The van der Waals surface area contributed by atoms with Gasteiger partial charge in [0.05, 0.1) is 18.8 Å². The molecular formula is C19H19NO4. The molecule has 3 rings (SSSR count). The highest BCUT2D eigenvalue weighted by atomic mass is 16.5. The molecule has 124 valence electrons. The number of anilines is 1. The number of nitrogens with zero attached hydrogens (tertiary/aromatic N) is 1. The molecule has 1 N–H and O–H groups in total. The largest absolute Gasteiger partial charge is 0.507 e. The van der Waals surface area contributed by atoms with Crippen molar-refractivity contribution in [3.63, 3.8) is 0 Å². The molecule has 0 amide bonds. The number of benzene rings is 2. The van der Waals surface area contributed by atoms with Crippen LogP contribution < -0.4 is 4.90 Å². The monoisotopic (exact) mass is 325 g/mol. The Balaban J connectivity index is 1.99. The molecule has 5 heteroatoms. The molecule has 24 heavy (non-hydrogen) atoms. The first kappa shape index (κ1) is 16.2. The van der Waals surface area contributed by atoms with Crippen molar-refractivity contribution >= 4 is 17.3 Å². The Kier molecular flexibility index (Phi) is 4.62. The van der Waals surface area contributed by atoms with Gasteiger partial charge in [-0.1, -0.05) is 12.1 Å². The number of Topliss-reactive ketones (excluding diaryl/α,β-unsaturated/α-hetero) is 1. The first-order chi connectivity index (χ1) is 11.6. The molecule has 1 heterocycles. The molecule has 0 aromatic heterocycles. The van der Waals surface area contributed by atoms with E-state index >= 15 is 0 Å². The lowest BCUT2D eigenvalue weighted by molar-refractivity contribution is 0.101. The minimum absolute atomic E-state index is 0.0656. The van der Waals surface area contributed by atoms with E-state index in [2.05, 4.69) is 4.90 Å². The number of phenols is 1. The summed E-state index contributed by atoms with van der Waals surface area (Å²) in [5.41, 5.74) is 1.95. The minimum Gasteiger partial charge on any atom is -0.507 e. The van der Waals surface area contributed by atoms with Gasteiger partial charge >= 0.3 is 0 Å². The van der Waals surface area contributed by atoms with Crippen LogP contribution in [0, 0.1) is 0 Å². The number of phenolic OH excluding ortho intramolecular Hbond substituents is 1. The summed E-state index contributed by atoms with van der Waals surface area (Å²) in [4.78, 5) is 26.8. The summed E-state index contributed by atoms with van der Waals surface area (Å²) < 4.78 is 5.35. The fraction of sp³-hybridized carbons (Fsp3) is 0.263. The third kappa shape index (κ3) is 3.16. The van der Waals surface area contributed by atoms with Gasteiger partial charge < -0.3 is 14.7 Å². The topological polar surface area (TPSA) is 66.8 Å². The van der Waals surface area contributed by atoms with Crippen molar-refractivity contribution in [2.24, 2.45) is 0 Å². The van der Waals surface area contributed by atoms with Crippen LogP contribution in [-0.2, 0) is 4.74 Å². The summed E-state index contributed by atoms with van der Waals surface area (Å²) in [5, 5.41) is 9.87. The van der Waals surface area contributed by atoms with Gasteiger partial charge in [-0.15, -0.1) is 0 Å². The maximum absolute atomic E-state index is 12.6. The molecule has 0 bridgehead atoms. The van der Waals surface area contributed by atoms with Crippen LogP contribution >= 0.6 is 0 Å². The SMILES string of the molecule is CC(=O)c1cc(C(=O)c2ccccc2O)ccc1N1CCOCC1. The van der Waals surface area contributed by atoms with Crippen molar-refractivity contribution in [1.82, 2.24) is 0 Å². The van der Waals surface area contributed by atoms with Crippen LogP contribution in [0.15, 0.2) is 42.5 Å². The number of ether oxygens (including phenoxy) is 1. The van der Waals surface area contributed by atoms with E-state index < -0.39 is 0 Å². The summed E-state index contributed by atoms with van der Waals surface area (Å²) in [5.74, 6) is -0.461. The summed E-state index contributed by atoms with van der Waals surface area (Å²) in [6.45, 7) is 4.17. The molecule has 0 radical (unpaired) electrons. The first-order valence-electron chi connectivity index (χ1n) is 7.88. The van der Waals surface area contributed by atoms with Gasteiger partial charge in [-0.2, -0.15) is 0 Å². The van der Waals surface area contributed by atoms with Crippen LogP contribution in [0.3, 0.4) is 0 Å². The zero-order valence-electron chi connectivity index (χ0n) is 13.5. The average molecular weight is 325 g/mol. The molecule has 0 aliphatic carbocycles. The zero-order valence-corrected chi connectivity index (χ0v) is 13.5. The van der Waals surface area contributed by atoms with Gasteiger partial charge in [-0.25, -0.2) is 0 Å². The summed E-state index contributed by atoms with van der Waals surface area (Å²) in [6, 6.07) is 11.5. The molecule has 0 unspecified atom stereocenters. The van der Waals surface area contributed by atoms with Gasteiger partial charge in [0, 0.05) is 29.9 Å². The molecule has 0 saturated carbocycles. The standard InChI is InChI=1S/C19H19NO4/c1-13(21)16-12-14(19(23)15-4-2-3-5-18(15)22)6-7-17(16)20-8-10-24-11-9-20/h2-7,12,22H,8-11H2,1H3. The molecular weight excluding hydrogens is 306 g/mol. The number of hydrogen-bond acceptors (Lipinski definition) is 5. The first-order valence-corrected chi connectivity index (χ1v) is 7.88. The lowest BCUT2D eigenvalue weighted by Crippen LogP contribution is -2.37. The Morgan fingerprint density at radius 2 is 1.75 bits per heavy atom. The number of aromatic hydroxyl groups is 1. The third-order valence-corrected chi connectivity index (χ3v) is 4.14. The Morgan fingerprint density at radius 1 is 1.04 bits per heavy atom. The van der Waals surface area contributed by atoms with E-state index in [1.807, 2.05) is 0 Å². The van der Waals surface area contributed by atoms with Crippen LogP contribution in [0.4, 0.5) is 5.69 Å². The maximum atomic E-state index is 12.6. The molecule has 1 saturated heterocycles. The van der Waals surface area contributed by atoms with Gasteiger partial charge in [0.25, 0.3) is 0 Å². The lowest BCUT2D eigenvalue weighted by Gasteiger charge is -2.30. The van der Waals surface area contributed by atoms with Crippen molar-refractivity contribution in [1.29, 1.82) is 0 Å². The third-order valence-electron chi connectivity index (χ3n) is 4.14. The van der Waals surface area contributed by atoms with Crippen LogP contribution in [0.25, 0.3) is 0 Å². The molecule has 1 fully saturated rings. The molecule has 1 aliphatic rings. The van der Waals surface area contributed by atoms with Crippen molar-refractivity contribution in [2.75, 3.05) is 31.2 Å². The van der Waals surface area contributed by atoms with Gasteiger partial charge in [-0.05, 0) is 37.3 Å². The van der Waals surface area contributed by atoms with Crippen molar-refractivity contribution in [2.45, 2.75) is 6.92 Å². The predicted molar refractivity (Wildman–Crippen MR) is 91.0 cm³/mol. The molecule has 0 atom stereocenters. The lowest BCUT2D eigenvalue weighted by atomic mass is 9.98. The molecule has 0 spiro atoms. The number of morpholine rings is 1. The minimum atomic E-state index is -0.302. The van der Waals surface area contributed by atoms with Crippen LogP contribution in [0.5, 0.6) is 5.75 Å². The fourth-order valence-corrected chi connectivity index (χ4v) is 2.86. The highest BCUT2D eigenvalue weighted by Crippen LogP contribution is 2.26. The van der Waals surface area contributed by atoms with E-state index in [1.54, 1.807) is 36.4 Å². The highest BCUT2D eigenvalue weighted by Gasteiger charge is 2.20. The van der Waals surface area contributed by atoms with Crippen LogP contribution in [0.1, 0.15) is 33.2 Å². The summed E-state index contributed by atoms with van der Waals surface area (Å²) in [7, 11) is 0. The number of rotatable bonds is 4. The van der Waals surface area contributed by atoms with Gasteiger partial charge in [0.2, 0.25) is 0 Å². The van der Waals surface area contributed by atoms with Gasteiger partial charge in [0.15, 0.2) is 11.6 Å². The molecule has 2 aromatic carbocycles. The van der Waals surface area contributed by atoms with Crippen molar-refractivity contribution in [3.05, 3.63) is 59.2 Å². The molecule has 5 nitrogen and oxygen atoms in total.